The van der Waals surface area contributed by atoms with Crippen LogP contribution in [0.25, 0.3) is 0 Å². The van der Waals surface area contributed by atoms with Crippen LogP contribution in [0.15, 0.2) is 35.1 Å². The molecular weight excluding hydrogens is 382 g/mol. The van der Waals surface area contributed by atoms with E-state index in [2.05, 4.69) is 10.4 Å². The number of amides is 1. The van der Waals surface area contributed by atoms with E-state index in [9.17, 15) is 18.0 Å². The van der Waals surface area contributed by atoms with Crippen molar-refractivity contribution in [2.45, 2.75) is 31.8 Å². The van der Waals surface area contributed by atoms with Gasteiger partial charge in [-0.15, -0.1) is 0 Å². The molecule has 1 aliphatic heterocycles. The van der Waals surface area contributed by atoms with E-state index in [4.69, 9.17) is 0 Å². The summed E-state index contributed by atoms with van der Waals surface area (Å²) in [6.07, 6.45) is 2.39. The lowest BCUT2D eigenvalue weighted by Crippen LogP contribution is -2.37. The summed E-state index contributed by atoms with van der Waals surface area (Å²) in [4.78, 5) is 24.6. The van der Waals surface area contributed by atoms with Gasteiger partial charge in [-0.1, -0.05) is 30.3 Å². The highest BCUT2D eigenvalue weighted by atomic mass is 32.2. The highest BCUT2D eigenvalue weighted by Gasteiger charge is 2.29. The Hall–Kier alpha value is -2.46. The summed E-state index contributed by atoms with van der Waals surface area (Å²) in [5, 5.41) is 7.14. The minimum absolute atomic E-state index is 0.00988. The topological polar surface area (TPSA) is 106 Å². The van der Waals surface area contributed by atoms with Crippen LogP contribution < -0.4 is 11.0 Å². The Balaban J connectivity index is 1.63. The zero-order valence-corrected chi connectivity index (χ0v) is 16.9. The molecular formula is C18H25N5O4S. The van der Waals surface area contributed by atoms with Crippen LogP contribution >= 0.6 is 0 Å². The van der Waals surface area contributed by atoms with Crippen LogP contribution in [0.2, 0.25) is 0 Å². The second-order valence-corrected chi connectivity index (χ2v) is 9.04. The second-order valence-electron chi connectivity index (χ2n) is 7.06. The molecule has 1 fully saturated rings. The maximum atomic E-state index is 12.4. The van der Waals surface area contributed by atoms with Crippen molar-refractivity contribution in [2.24, 2.45) is 7.05 Å². The minimum Gasteiger partial charge on any atom is -0.350 e. The van der Waals surface area contributed by atoms with E-state index in [1.54, 1.807) is 7.05 Å². The molecule has 0 unspecified atom stereocenters. The molecule has 9 nitrogen and oxygen atoms in total. The van der Waals surface area contributed by atoms with Gasteiger partial charge in [0.2, 0.25) is 15.9 Å². The molecule has 0 radical (unpaired) electrons. The lowest BCUT2D eigenvalue weighted by Gasteiger charge is -2.29. The summed E-state index contributed by atoms with van der Waals surface area (Å²) in [6, 6.07) is 9.52. The summed E-state index contributed by atoms with van der Waals surface area (Å²) >= 11 is 0. The van der Waals surface area contributed by atoms with Gasteiger partial charge in [-0.05, 0) is 18.4 Å². The Morgan fingerprint density at radius 2 is 1.86 bits per heavy atom. The van der Waals surface area contributed by atoms with Gasteiger partial charge in [0.05, 0.1) is 6.26 Å². The van der Waals surface area contributed by atoms with Gasteiger partial charge >= 0.3 is 5.69 Å². The fourth-order valence-corrected chi connectivity index (χ4v) is 4.27. The number of nitrogens with zero attached hydrogens (tertiary/aromatic N) is 4. The largest absolute Gasteiger partial charge is 0.350 e. The molecule has 1 N–H and O–H groups in total. The van der Waals surface area contributed by atoms with Crippen molar-refractivity contribution in [2.75, 3.05) is 19.3 Å². The molecule has 1 amide bonds. The summed E-state index contributed by atoms with van der Waals surface area (Å²) in [7, 11) is -1.57. The predicted octanol–water partition coefficient (Wildman–Crippen LogP) is 0.0372. The monoisotopic (exact) mass is 407 g/mol. The number of benzene rings is 1. The summed E-state index contributed by atoms with van der Waals surface area (Å²) in [5.41, 5.74) is 0.623. The van der Waals surface area contributed by atoms with Crippen molar-refractivity contribution < 1.29 is 13.2 Å². The van der Waals surface area contributed by atoms with Gasteiger partial charge in [0, 0.05) is 32.6 Å². The van der Waals surface area contributed by atoms with Gasteiger partial charge in [0.15, 0.2) is 0 Å². The molecule has 2 heterocycles. The van der Waals surface area contributed by atoms with Crippen molar-refractivity contribution in [3.05, 3.63) is 52.2 Å². The number of carbonyl (C=O) groups is 1. The Kier molecular flexibility index (Phi) is 5.99. The molecule has 10 heteroatoms. The standard InChI is InChI=1S/C18H25N5O4S/c1-21-17(15-8-10-22(11-9-15)28(2,26)27)20-23(18(21)25)13-16(24)19-12-14-6-4-3-5-7-14/h3-7,15H,8-13H2,1-2H3,(H,19,24). The van der Waals surface area contributed by atoms with E-state index in [-0.39, 0.29) is 24.1 Å². The summed E-state index contributed by atoms with van der Waals surface area (Å²) in [5.74, 6) is 0.292. The molecule has 2 aromatic rings. The quantitative estimate of drug-likeness (QED) is 0.728. The molecule has 0 aliphatic carbocycles. The molecule has 152 valence electrons. The molecule has 0 bridgehead atoms. The second kappa shape index (κ2) is 8.27. The molecule has 1 aromatic carbocycles. The molecule has 28 heavy (non-hydrogen) atoms. The first kappa shape index (κ1) is 20.3. The van der Waals surface area contributed by atoms with E-state index in [1.165, 1.54) is 19.8 Å². The summed E-state index contributed by atoms with van der Waals surface area (Å²) in [6.45, 7) is 1.05. The zero-order valence-electron chi connectivity index (χ0n) is 16.0. The molecule has 3 rings (SSSR count). The first-order chi connectivity index (χ1) is 13.3. The SMILES string of the molecule is Cn1c(C2CCN(S(C)(=O)=O)CC2)nn(CC(=O)NCc2ccccc2)c1=O. The Morgan fingerprint density at radius 1 is 1.21 bits per heavy atom. The number of piperidine rings is 1. The van der Waals surface area contributed by atoms with Crippen molar-refractivity contribution in [1.82, 2.24) is 24.0 Å². The van der Waals surface area contributed by atoms with E-state index in [0.717, 1.165) is 5.56 Å². The third-order valence-electron chi connectivity index (χ3n) is 4.99. The Labute approximate surface area is 164 Å². The number of nitrogens with one attached hydrogen (secondary N) is 1. The van der Waals surface area contributed by atoms with Crippen LogP contribution in [-0.2, 0) is 35.0 Å². The van der Waals surface area contributed by atoms with Gasteiger partial charge in [0.25, 0.3) is 0 Å². The third kappa shape index (κ3) is 4.68. The number of carbonyl (C=O) groups excluding carboxylic acids is 1. The van der Waals surface area contributed by atoms with E-state index in [0.29, 0.717) is 38.3 Å². The number of aromatic nitrogens is 3. The molecule has 0 atom stereocenters. The van der Waals surface area contributed by atoms with Crippen molar-refractivity contribution >= 4 is 15.9 Å². The normalized spacial score (nSPS) is 16.2. The third-order valence-corrected chi connectivity index (χ3v) is 6.29. The van der Waals surface area contributed by atoms with Gasteiger partial charge in [-0.2, -0.15) is 5.10 Å². The number of sulfonamides is 1. The van der Waals surface area contributed by atoms with Crippen molar-refractivity contribution in [3.8, 4) is 0 Å². The lowest BCUT2D eigenvalue weighted by atomic mass is 9.97. The minimum atomic E-state index is -3.20. The highest BCUT2D eigenvalue weighted by Crippen LogP contribution is 2.26. The fourth-order valence-electron chi connectivity index (χ4n) is 3.40. The molecule has 1 saturated heterocycles. The number of hydrogen-bond donors (Lipinski definition) is 1. The molecule has 1 aliphatic rings. The van der Waals surface area contributed by atoms with Crippen LogP contribution in [0.3, 0.4) is 0 Å². The molecule has 0 saturated carbocycles. The Morgan fingerprint density at radius 3 is 2.46 bits per heavy atom. The smallest absolute Gasteiger partial charge is 0.346 e. The van der Waals surface area contributed by atoms with Crippen LogP contribution in [0.1, 0.15) is 30.1 Å². The maximum Gasteiger partial charge on any atom is 0.346 e. The van der Waals surface area contributed by atoms with Crippen LogP contribution in [0, 0.1) is 0 Å². The number of rotatable bonds is 6. The van der Waals surface area contributed by atoms with Crippen molar-refractivity contribution in [3.63, 3.8) is 0 Å². The van der Waals surface area contributed by atoms with Crippen LogP contribution in [0.5, 0.6) is 0 Å². The van der Waals surface area contributed by atoms with Gasteiger partial charge in [-0.3, -0.25) is 9.36 Å². The van der Waals surface area contributed by atoms with E-state index >= 15 is 0 Å². The highest BCUT2D eigenvalue weighted by molar-refractivity contribution is 7.88. The first-order valence-electron chi connectivity index (χ1n) is 9.15. The average Bonchev–Trinajstić information content (AvgIpc) is 2.95. The maximum absolute atomic E-state index is 12.4. The van der Waals surface area contributed by atoms with Crippen LogP contribution in [0.4, 0.5) is 0 Å². The fraction of sp³-hybridized carbons (Fsp3) is 0.500. The van der Waals surface area contributed by atoms with Crippen molar-refractivity contribution in [1.29, 1.82) is 0 Å². The predicted molar refractivity (Wildman–Crippen MR) is 104 cm³/mol. The van der Waals surface area contributed by atoms with Gasteiger partial charge in [-0.25, -0.2) is 22.2 Å². The number of hydrogen-bond acceptors (Lipinski definition) is 5. The van der Waals surface area contributed by atoms with E-state index < -0.39 is 10.0 Å². The van der Waals surface area contributed by atoms with Gasteiger partial charge in [0.1, 0.15) is 12.4 Å². The first-order valence-corrected chi connectivity index (χ1v) is 11.0. The molecule has 1 aromatic heterocycles. The van der Waals surface area contributed by atoms with Crippen LogP contribution in [-0.4, -0.2) is 52.3 Å². The Bertz CT molecular complexity index is 989. The van der Waals surface area contributed by atoms with E-state index in [1.807, 2.05) is 30.3 Å². The lowest BCUT2D eigenvalue weighted by molar-refractivity contribution is -0.122. The van der Waals surface area contributed by atoms with Gasteiger partial charge < -0.3 is 5.32 Å². The average molecular weight is 407 g/mol. The molecule has 0 spiro atoms. The summed E-state index contributed by atoms with van der Waals surface area (Å²) < 4.78 is 27.3. The zero-order chi connectivity index (χ0) is 20.3.